The van der Waals surface area contributed by atoms with E-state index in [1.54, 1.807) is 11.7 Å². The zero-order chi connectivity index (χ0) is 21.8. The molecule has 0 fully saturated rings. The summed E-state index contributed by atoms with van der Waals surface area (Å²) in [5, 5.41) is 5.71. The number of hydrogen-bond donors (Lipinski definition) is 0. The van der Waals surface area contributed by atoms with E-state index in [0.717, 1.165) is 29.8 Å². The van der Waals surface area contributed by atoms with Crippen molar-refractivity contribution >= 4 is 101 Å². The Balaban J connectivity index is 1.69. The minimum atomic E-state index is 0.742. The van der Waals surface area contributed by atoms with E-state index in [1.807, 2.05) is 11.3 Å². The summed E-state index contributed by atoms with van der Waals surface area (Å²) in [4.78, 5) is 4.10. The Morgan fingerprint density at radius 1 is 0.812 bits per heavy atom. The molecule has 0 aliphatic rings. The Labute approximate surface area is 217 Å². The van der Waals surface area contributed by atoms with Crippen LogP contribution >= 0.6 is 70.5 Å². The maximum Gasteiger partial charge on any atom is 0.200 e. The summed E-state index contributed by atoms with van der Waals surface area (Å²) in [6.07, 6.45) is 1.72. The number of nitrogens with zero attached hydrogens (tertiary/aromatic N) is 1. The molecule has 2 heterocycles. The van der Waals surface area contributed by atoms with E-state index >= 15 is 0 Å². The highest BCUT2D eigenvalue weighted by Gasteiger charge is 2.20. The van der Waals surface area contributed by atoms with Crippen LogP contribution < -0.4 is 4.74 Å². The van der Waals surface area contributed by atoms with Gasteiger partial charge < -0.3 is 4.74 Å². The molecular weight excluding hydrogens is 634 g/mol. The van der Waals surface area contributed by atoms with Gasteiger partial charge in [0.25, 0.3) is 0 Å². The first-order valence-corrected chi connectivity index (χ1v) is 13.8. The second-order valence-electron chi connectivity index (χ2n) is 7.23. The van der Waals surface area contributed by atoms with Gasteiger partial charge in [0.2, 0.25) is 5.06 Å². The molecule has 2 nitrogen and oxygen atoms in total. The standard InChI is InChI=1S/C25H12Br3NOS2/c26-17-9-13(10-18(27)24(17)30-20-11-29-12-31-20)21-14-5-1-2-6-15(14)23(28)25-22(21)16-7-3-4-8-19(16)32-25/h1-12H. The predicted molar refractivity (Wildman–Crippen MR) is 148 cm³/mol. The SMILES string of the molecule is Brc1cc(-c2c3ccccc3c(Br)c3sc4ccccc4c23)cc(Br)c1Oc1cncs1. The molecule has 156 valence electrons. The molecule has 0 N–H and O–H groups in total. The molecule has 0 saturated carbocycles. The van der Waals surface area contributed by atoms with Gasteiger partial charge in [0.05, 0.1) is 25.4 Å². The van der Waals surface area contributed by atoms with E-state index in [4.69, 9.17) is 4.74 Å². The van der Waals surface area contributed by atoms with Crippen LogP contribution in [-0.4, -0.2) is 4.98 Å². The first-order chi connectivity index (χ1) is 15.6. The Morgan fingerprint density at radius 3 is 2.22 bits per heavy atom. The van der Waals surface area contributed by atoms with Crippen LogP contribution in [0.15, 0.2) is 85.8 Å². The van der Waals surface area contributed by atoms with Gasteiger partial charge in [-0.3, -0.25) is 0 Å². The Bertz CT molecular complexity index is 1620. The van der Waals surface area contributed by atoms with Crippen molar-refractivity contribution in [1.82, 2.24) is 4.98 Å². The Kier molecular flexibility index (Phi) is 5.35. The number of hydrogen-bond acceptors (Lipinski definition) is 4. The highest BCUT2D eigenvalue weighted by molar-refractivity contribution is 9.11. The van der Waals surface area contributed by atoms with Crippen molar-refractivity contribution in [2.24, 2.45) is 0 Å². The molecular formula is C25H12Br3NOS2. The number of halogens is 3. The van der Waals surface area contributed by atoms with E-state index in [2.05, 4.69) is 113 Å². The first-order valence-electron chi connectivity index (χ1n) is 9.69. The summed E-state index contributed by atoms with van der Waals surface area (Å²) in [5.74, 6) is 0.742. The van der Waals surface area contributed by atoms with Gasteiger partial charge in [0.15, 0.2) is 5.75 Å². The van der Waals surface area contributed by atoms with Gasteiger partial charge in [0, 0.05) is 19.9 Å². The van der Waals surface area contributed by atoms with Crippen molar-refractivity contribution in [2.45, 2.75) is 0 Å². The molecule has 6 aromatic rings. The van der Waals surface area contributed by atoms with Gasteiger partial charge in [0.1, 0.15) is 0 Å². The summed E-state index contributed by atoms with van der Waals surface area (Å²) in [6, 6.07) is 21.5. The summed E-state index contributed by atoms with van der Waals surface area (Å²) < 4.78 is 11.5. The normalized spacial score (nSPS) is 11.6. The number of aromatic nitrogens is 1. The fourth-order valence-corrected chi connectivity index (χ4v) is 7.83. The molecule has 7 heteroatoms. The van der Waals surface area contributed by atoms with Gasteiger partial charge in [-0.2, -0.15) is 0 Å². The van der Waals surface area contributed by atoms with E-state index in [1.165, 1.54) is 47.8 Å². The number of ether oxygens (including phenoxy) is 1. The van der Waals surface area contributed by atoms with Crippen molar-refractivity contribution in [3.8, 4) is 21.9 Å². The van der Waals surface area contributed by atoms with E-state index < -0.39 is 0 Å². The zero-order valence-corrected chi connectivity index (χ0v) is 22.6. The molecule has 0 aliphatic heterocycles. The lowest BCUT2D eigenvalue weighted by atomic mass is 9.93. The number of thiophene rings is 1. The Hall–Kier alpha value is -1.77. The number of benzene rings is 4. The highest BCUT2D eigenvalue weighted by Crippen LogP contribution is 2.50. The fourth-order valence-electron chi connectivity index (χ4n) is 4.05. The number of fused-ring (bicyclic) bond motifs is 4. The second kappa shape index (κ2) is 8.22. The minimum Gasteiger partial charge on any atom is -0.443 e. The van der Waals surface area contributed by atoms with Crippen LogP contribution in [0, 0.1) is 0 Å². The minimum absolute atomic E-state index is 0.742. The van der Waals surface area contributed by atoms with Crippen molar-refractivity contribution in [1.29, 1.82) is 0 Å². The summed E-state index contributed by atoms with van der Waals surface area (Å²) in [7, 11) is 0. The van der Waals surface area contributed by atoms with E-state index in [0.29, 0.717) is 0 Å². The van der Waals surface area contributed by atoms with Crippen molar-refractivity contribution in [2.75, 3.05) is 0 Å². The molecule has 0 aliphatic carbocycles. The van der Waals surface area contributed by atoms with Crippen LogP contribution in [0.1, 0.15) is 0 Å². The van der Waals surface area contributed by atoms with Crippen LogP contribution in [-0.2, 0) is 0 Å². The van der Waals surface area contributed by atoms with Gasteiger partial charge in [-0.05, 0) is 87.9 Å². The molecule has 32 heavy (non-hydrogen) atoms. The number of thiazole rings is 1. The average molecular weight is 646 g/mol. The van der Waals surface area contributed by atoms with Gasteiger partial charge >= 0.3 is 0 Å². The molecule has 0 radical (unpaired) electrons. The average Bonchev–Trinajstić information content (AvgIpc) is 3.45. The smallest absolute Gasteiger partial charge is 0.200 e. The molecule has 0 bridgehead atoms. The van der Waals surface area contributed by atoms with Crippen LogP contribution in [0.5, 0.6) is 10.8 Å². The largest absolute Gasteiger partial charge is 0.443 e. The zero-order valence-electron chi connectivity index (χ0n) is 16.2. The third-order valence-corrected chi connectivity index (χ3v) is 9.48. The van der Waals surface area contributed by atoms with Crippen LogP contribution in [0.3, 0.4) is 0 Å². The third kappa shape index (κ3) is 3.33. The monoisotopic (exact) mass is 643 g/mol. The van der Waals surface area contributed by atoms with Crippen LogP contribution in [0.25, 0.3) is 42.1 Å². The highest BCUT2D eigenvalue weighted by atomic mass is 79.9. The predicted octanol–water partition coefficient (Wildman–Crippen LogP) is 10.4. The van der Waals surface area contributed by atoms with Crippen LogP contribution in [0.4, 0.5) is 0 Å². The van der Waals surface area contributed by atoms with Crippen molar-refractivity contribution in [3.63, 3.8) is 0 Å². The van der Waals surface area contributed by atoms with Crippen molar-refractivity contribution in [3.05, 3.63) is 85.8 Å². The molecule has 0 atom stereocenters. The molecule has 0 spiro atoms. The Morgan fingerprint density at radius 2 is 1.50 bits per heavy atom. The topological polar surface area (TPSA) is 22.1 Å². The van der Waals surface area contributed by atoms with Crippen molar-refractivity contribution < 1.29 is 4.74 Å². The maximum atomic E-state index is 6.08. The quantitative estimate of drug-likeness (QED) is 0.191. The molecule has 6 rings (SSSR count). The summed E-state index contributed by atoms with van der Waals surface area (Å²) in [6.45, 7) is 0. The van der Waals surface area contributed by atoms with Gasteiger partial charge in [-0.25, -0.2) is 4.98 Å². The van der Waals surface area contributed by atoms with Gasteiger partial charge in [-0.15, -0.1) is 11.3 Å². The summed E-state index contributed by atoms with van der Waals surface area (Å²) in [5.41, 5.74) is 4.11. The fraction of sp³-hybridized carbons (Fsp3) is 0. The lowest BCUT2D eigenvalue weighted by molar-refractivity contribution is 0.489. The van der Waals surface area contributed by atoms with E-state index in [9.17, 15) is 0 Å². The van der Waals surface area contributed by atoms with Crippen LogP contribution in [0.2, 0.25) is 0 Å². The van der Waals surface area contributed by atoms with Gasteiger partial charge in [-0.1, -0.05) is 53.8 Å². The third-order valence-electron chi connectivity index (χ3n) is 5.38. The lowest BCUT2D eigenvalue weighted by Crippen LogP contribution is -1.89. The first kappa shape index (κ1) is 20.8. The second-order valence-corrected chi connectivity index (χ2v) is 11.6. The van der Waals surface area contributed by atoms with E-state index in [-0.39, 0.29) is 0 Å². The molecule has 0 amide bonds. The maximum absolute atomic E-state index is 6.08. The lowest BCUT2D eigenvalue weighted by Gasteiger charge is -2.15. The molecule has 0 unspecified atom stereocenters. The number of rotatable bonds is 3. The molecule has 2 aromatic heterocycles. The molecule has 4 aromatic carbocycles. The summed E-state index contributed by atoms with van der Waals surface area (Å²) >= 11 is 14.7. The molecule has 0 saturated heterocycles.